The Bertz CT molecular complexity index is 4580. The number of hydrogen-bond donors (Lipinski definition) is 1. The molecule has 0 fully saturated rings. The number of imidazole rings is 1. The van der Waals surface area contributed by atoms with Crippen LogP contribution in [0.25, 0.3) is 112 Å². The van der Waals surface area contributed by atoms with E-state index in [0.717, 1.165) is 94.4 Å². The minimum Gasteiger partial charge on any atom is -0.507 e. The van der Waals surface area contributed by atoms with Crippen molar-refractivity contribution in [3.05, 3.63) is 228 Å². The van der Waals surface area contributed by atoms with E-state index in [0.29, 0.717) is 17.2 Å². The molecule has 3 heterocycles. The summed E-state index contributed by atoms with van der Waals surface area (Å²) < 4.78 is 4.60. The normalized spacial score (nSPS) is 13.5. The van der Waals surface area contributed by atoms with Crippen LogP contribution in [0.4, 0.5) is 0 Å². The van der Waals surface area contributed by atoms with E-state index in [1.165, 1.54) is 33.4 Å². The summed E-state index contributed by atoms with van der Waals surface area (Å²) in [6, 6.07) is 68.4. The Morgan fingerprint density at radius 2 is 1.00 bits per heavy atom. The third-order valence-electron chi connectivity index (χ3n) is 17.7. The lowest BCUT2D eigenvalue weighted by molar-refractivity contribution is 0.446. The molecule has 12 aromatic rings. The number of benzene rings is 9. The first-order chi connectivity index (χ1) is 39.9. The average molecular weight is 1100 g/mol. The second-order valence-electron chi connectivity index (χ2n) is 28.0. The van der Waals surface area contributed by atoms with Gasteiger partial charge in [-0.2, -0.15) is 0 Å². The molecule has 0 amide bonds. The van der Waals surface area contributed by atoms with Gasteiger partial charge >= 0.3 is 0 Å². The van der Waals surface area contributed by atoms with E-state index in [9.17, 15) is 5.11 Å². The van der Waals surface area contributed by atoms with Gasteiger partial charge in [0.1, 0.15) is 17.2 Å². The summed E-state index contributed by atoms with van der Waals surface area (Å²) in [5, 5.41) is 15.0. The van der Waals surface area contributed by atoms with Gasteiger partial charge in [-0.15, -0.1) is 0 Å². The molecule has 0 spiro atoms. The van der Waals surface area contributed by atoms with Crippen LogP contribution in [0.1, 0.15) is 130 Å². The van der Waals surface area contributed by atoms with E-state index < -0.39 is 0 Å². The lowest BCUT2D eigenvalue weighted by Gasteiger charge is -2.28. The quantitative estimate of drug-likeness (QED) is 0.173. The maximum atomic E-state index is 12.9. The summed E-state index contributed by atoms with van der Waals surface area (Å²) in [5.41, 5.74) is 22.3. The molecule has 0 bridgehead atoms. The summed E-state index contributed by atoms with van der Waals surface area (Å²) in [7, 11) is 0. The predicted octanol–water partition coefficient (Wildman–Crippen LogP) is 20.4. The van der Waals surface area contributed by atoms with Gasteiger partial charge in [0.05, 0.1) is 27.8 Å². The van der Waals surface area contributed by atoms with Gasteiger partial charge in [-0.05, 0) is 137 Å². The predicted molar refractivity (Wildman–Crippen MR) is 352 cm³/mol. The zero-order valence-corrected chi connectivity index (χ0v) is 51.2. The lowest BCUT2D eigenvalue weighted by Crippen LogP contribution is -2.17. The second kappa shape index (κ2) is 19.4. The van der Waals surface area contributed by atoms with Crippen LogP contribution in [0.15, 0.2) is 194 Å². The second-order valence-corrected chi connectivity index (χ2v) is 28.0. The molecule has 0 saturated carbocycles. The van der Waals surface area contributed by atoms with Crippen molar-refractivity contribution in [2.75, 3.05) is 0 Å². The highest BCUT2D eigenvalue weighted by Crippen LogP contribution is 2.55. The number of fused-ring (bicyclic) bond motifs is 7. The Morgan fingerprint density at radius 3 is 1.68 bits per heavy atom. The molecule has 418 valence electrons. The van der Waals surface area contributed by atoms with Crippen LogP contribution in [0.3, 0.4) is 0 Å². The first-order valence-corrected chi connectivity index (χ1v) is 29.7. The van der Waals surface area contributed by atoms with Gasteiger partial charge in [-0.3, -0.25) is 9.13 Å². The van der Waals surface area contributed by atoms with Crippen molar-refractivity contribution in [2.24, 2.45) is 0 Å². The summed E-state index contributed by atoms with van der Waals surface area (Å²) in [4.78, 5) is 16.8. The fraction of sp³-hybridized carbons (Fsp3) is 0.244. The standard InChI is InChI=1S/C78H75N5O/c1-74(2,3)51-35-31-47(32-36-51)48-33-38-54(39-34-48)82-65-29-21-19-26-56(65)62-46-79-71(81-73(62)82)50-41-59-55-25-18-20-28-63(55)78(13,14)68(59)60(42-50)57-27-22-30-67-69(57)80-72(61-44-53(76(7,8)9)45-64(70(61)84)77(10,11)12)83(67)66-40-37-52(75(4,5)6)43-58(66)49-23-16-15-17-24-49/h15-46,84H,1-14H3. The average Bonchev–Trinajstić information content (AvgIpc) is 1.62. The molecule has 1 N–H and O–H groups in total. The number of hydrogen-bond acceptors (Lipinski definition) is 4. The molecule has 1 aliphatic rings. The van der Waals surface area contributed by atoms with Crippen LogP contribution < -0.4 is 0 Å². The summed E-state index contributed by atoms with van der Waals surface area (Å²) in [5.74, 6) is 1.56. The highest BCUT2D eigenvalue weighted by Gasteiger charge is 2.39. The zero-order chi connectivity index (χ0) is 59.0. The first-order valence-electron chi connectivity index (χ1n) is 29.7. The van der Waals surface area contributed by atoms with Crippen molar-refractivity contribution < 1.29 is 5.11 Å². The Kier molecular flexibility index (Phi) is 12.5. The van der Waals surface area contributed by atoms with E-state index >= 15 is 0 Å². The molecule has 1 aliphatic carbocycles. The Morgan fingerprint density at radius 1 is 0.417 bits per heavy atom. The van der Waals surface area contributed by atoms with Gasteiger partial charge in [0.2, 0.25) is 0 Å². The van der Waals surface area contributed by atoms with E-state index in [2.05, 4.69) is 294 Å². The Labute approximate surface area is 495 Å². The third kappa shape index (κ3) is 9.04. The van der Waals surface area contributed by atoms with Gasteiger partial charge in [0, 0.05) is 50.3 Å². The highest BCUT2D eigenvalue weighted by molar-refractivity contribution is 6.08. The van der Waals surface area contributed by atoms with Gasteiger partial charge in [0.25, 0.3) is 0 Å². The molecule has 0 radical (unpaired) electrons. The molecule has 0 aliphatic heterocycles. The fourth-order valence-corrected chi connectivity index (χ4v) is 13.0. The molecule has 6 heteroatoms. The largest absolute Gasteiger partial charge is 0.507 e. The first kappa shape index (κ1) is 54.4. The van der Waals surface area contributed by atoms with Crippen LogP contribution in [0, 0.1) is 0 Å². The van der Waals surface area contributed by atoms with Gasteiger partial charge in [-0.1, -0.05) is 230 Å². The molecule has 0 saturated heterocycles. The maximum absolute atomic E-state index is 12.9. The SMILES string of the molecule is CC(C)(C)c1ccc(-c2ccc(-n3c4ccccc4c4cnc(-c5cc6c(c(-c7cccc8c7nc(-c7cc(C(C)(C)C)cc(C(C)(C)C)c7O)n8-c7ccc(C(C)(C)C)cc7-c7ccccc7)c5)C(C)(C)c5ccccc5-6)nc43)cc2)cc1. The smallest absolute Gasteiger partial charge is 0.161 e. The van der Waals surface area contributed by atoms with Crippen molar-refractivity contribution >= 4 is 33.0 Å². The van der Waals surface area contributed by atoms with E-state index in [-0.39, 0.29) is 32.8 Å². The lowest BCUT2D eigenvalue weighted by atomic mass is 9.78. The highest BCUT2D eigenvalue weighted by atomic mass is 16.3. The fourth-order valence-electron chi connectivity index (χ4n) is 13.0. The van der Waals surface area contributed by atoms with E-state index in [1.54, 1.807) is 0 Å². The van der Waals surface area contributed by atoms with Gasteiger partial charge < -0.3 is 5.11 Å². The monoisotopic (exact) mass is 1100 g/mol. The van der Waals surface area contributed by atoms with Crippen LogP contribution >= 0.6 is 0 Å². The van der Waals surface area contributed by atoms with Gasteiger partial charge in [-0.25, -0.2) is 15.0 Å². The molecule has 6 nitrogen and oxygen atoms in total. The number of para-hydroxylation sites is 2. The Hall–Kier alpha value is -8.87. The zero-order valence-electron chi connectivity index (χ0n) is 51.2. The number of rotatable bonds is 7. The molecule has 3 aromatic heterocycles. The van der Waals surface area contributed by atoms with Crippen molar-refractivity contribution in [2.45, 2.75) is 124 Å². The van der Waals surface area contributed by atoms with E-state index in [4.69, 9.17) is 15.0 Å². The van der Waals surface area contributed by atoms with Crippen molar-refractivity contribution in [3.63, 3.8) is 0 Å². The van der Waals surface area contributed by atoms with Crippen LogP contribution in [0.2, 0.25) is 0 Å². The molecule has 0 atom stereocenters. The molecule has 9 aromatic carbocycles. The summed E-state index contributed by atoms with van der Waals surface area (Å²) >= 11 is 0. The number of phenols is 1. The minimum absolute atomic E-state index is 0.0832. The Balaban J connectivity index is 1.07. The molecular weight excluding hydrogens is 1020 g/mol. The van der Waals surface area contributed by atoms with Crippen LogP contribution in [-0.2, 0) is 27.1 Å². The van der Waals surface area contributed by atoms with Crippen LogP contribution in [0.5, 0.6) is 5.75 Å². The molecule has 84 heavy (non-hydrogen) atoms. The van der Waals surface area contributed by atoms with Gasteiger partial charge in [0.15, 0.2) is 5.82 Å². The van der Waals surface area contributed by atoms with E-state index in [1.807, 2.05) is 6.20 Å². The molecule has 13 rings (SSSR count). The molecular formula is C78H75N5O. The van der Waals surface area contributed by atoms with Crippen molar-refractivity contribution in [1.29, 1.82) is 0 Å². The molecule has 0 unspecified atom stereocenters. The topological polar surface area (TPSA) is 68.8 Å². The third-order valence-corrected chi connectivity index (χ3v) is 17.7. The number of aromatic nitrogens is 5. The number of aromatic hydroxyl groups is 1. The van der Waals surface area contributed by atoms with Crippen molar-refractivity contribution in [3.8, 4) is 84.4 Å². The minimum atomic E-state index is -0.379. The summed E-state index contributed by atoms with van der Waals surface area (Å²) in [6.07, 6.45) is 2.01. The van der Waals surface area contributed by atoms with Crippen LogP contribution in [-0.4, -0.2) is 29.2 Å². The van der Waals surface area contributed by atoms with Crippen molar-refractivity contribution in [1.82, 2.24) is 24.1 Å². The number of phenolic OH excluding ortho intramolecular Hbond substituents is 1. The maximum Gasteiger partial charge on any atom is 0.161 e. The number of nitrogens with zero attached hydrogens (tertiary/aromatic N) is 5. The summed E-state index contributed by atoms with van der Waals surface area (Å²) in [6.45, 7) is 31.6.